The fourth-order valence-corrected chi connectivity index (χ4v) is 4.54. The van der Waals surface area contributed by atoms with Gasteiger partial charge in [-0.3, -0.25) is 0 Å². The normalized spacial score (nSPS) is 19.5. The first-order valence-electron chi connectivity index (χ1n) is 12.3. The van der Waals surface area contributed by atoms with Crippen molar-refractivity contribution in [2.45, 2.75) is 30.2 Å². The van der Waals surface area contributed by atoms with Gasteiger partial charge < -0.3 is 50.5 Å². The molecule has 2 aromatic carbocycles. The Kier molecular flexibility index (Phi) is 8.75. The molecule has 206 valence electrons. The molecule has 1 fully saturated rings. The van der Waals surface area contributed by atoms with Crippen LogP contribution in [0.5, 0.6) is 0 Å². The molecule has 0 saturated carbocycles. The number of benzene rings is 2. The minimum atomic E-state index is -2.56. The Morgan fingerprint density at radius 1 is 1.03 bits per heavy atom. The monoisotopic (exact) mass is 529 g/mol. The number of ether oxygens (including phenoxy) is 1. The molecule has 1 unspecified atom stereocenters. The summed E-state index contributed by atoms with van der Waals surface area (Å²) in [7, 11) is 3.22. The van der Waals surface area contributed by atoms with Crippen LogP contribution in [0.3, 0.4) is 0 Å². The minimum absolute atomic E-state index is 0.0393. The fraction of sp³-hybridized carbons (Fsp3) is 0.462. The van der Waals surface area contributed by atoms with Crippen LogP contribution in [0.25, 0.3) is 10.9 Å². The Balaban J connectivity index is 1.58. The van der Waals surface area contributed by atoms with Gasteiger partial charge in [0, 0.05) is 56.2 Å². The maximum absolute atomic E-state index is 11.3. The van der Waals surface area contributed by atoms with Crippen molar-refractivity contribution in [2.75, 3.05) is 57.2 Å². The number of aromatic nitrogens is 2. The quantitative estimate of drug-likeness (QED) is 0.166. The highest BCUT2D eigenvalue weighted by Gasteiger charge is 2.49. The predicted molar refractivity (Wildman–Crippen MR) is 141 cm³/mol. The highest BCUT2D eigenvalue weighted by Crippen LogP contribution is 2.34. The summed E-state index contributed by atoms with van der Waals surface area (Å²) >= 11 is 0. The number of nitrogens with one attached hydrogen (secondary N) is 1. The number of hydrogen-bond acceptors (Lipinski definition) is 12. The van der Waals surface area contributed by atoms with Crippen molar-refractivity contribution in [1.82, 2.24) is 14.9 Å². The number of fused-ring (bicyclic) bond motifs is 1. The van der Waals surface area contributed by atoms with Crippen LogP contribution in [0.15, 0.2) is 48.7 Å². The molecule has 7 N–H and O–H groups in total. The molecule has 1 saturated heterocycles. The number of likely N-dealkylation sites (N-methyl/N-ethyl adjacent to an activating group) is 1. The molecule has 4 rings (SSSR count). The topological polar surface area (TPSA) is 175 Å². The lowest BCUT2D eigenvalue weighted by Gasteiger charge is -2.39. The van der Waals surface area contributed by atoms with Gasteiger partial charge >= 0.3 is 0 Å². The number of methoxy groups -OCH3 is 1. The zero-order chi connectivity index (χ0) is 27.4. The molecule has 1 aliphatic rings. The number of nitrogens with zero attached hydrogens (tertiary/aromatic N) is 4. The van der Waals surface area contributed by atoms with Crippen molar-refractivity contribution in [3.8, 4) is 0 Å². The Labute approximate surface area is 220 Å². The number of aliphatic hydroxyl groups excluding tert-OH is 5. The van der Waals surface area contributed by atoms with Crippen LogP contribution in [-0.4, -0.2) is 117 Å². The summed E-state index contributed by atoms with van der Waals surface area (Å²) in [5.74, 6) is 0.281. The lowest BCUT2D eigenvalue weighted by Crippen LogP contribution is -2.58. The Morgan fingerprint density at radius 3 is 2.34 bits per heavy atom. The molecule has 1 aliphatic heterocycles. The average molecular weight is 530 g/mol. The zero-order valence-electron chi connectivity index (χ0n) is 21.3. The summed E-state index contributed by atoms with van der Waals surface area (Å²) in [4.78, 5) is 13.5. The standard InChI is InChI=1S/C26H35N5O7/c1-30-9-11-31(12-10-30)19-7-5-18(6-8-19)28-25-27-14-16-3-4-17(13-20(16)29-25)26(37,21(33)15-32)23(35)22(34)24(36)38-2/h3-8,13-14,21-24,32-37H,9-12,15H2,1-2H3,(H,27,28,29)/t21-,22+,23+,24?,26+/m1/s1. The van der Waals surface area contributed by atoms with Crippen LogP contribution in [0.1, 0.15) is 5.56 Å². The van der Waals surface area contributed by atoms with E-state index in [2.05, 4.69) is 36.9 Å². The average Bonchev–Trinajstić information content (AvgIpc) is 2.95. The Hall–Kier alpha value is -2.94. The van der Waals surface area contributed by atoms with Gasteiger partial charge in [-0.05, 0) is 42.9 Å². The molecule has 0 radical (unpaired) electrons. The summed E-state index contributed by atoms with van der Waals surface area (Å²) in [6.07, 6.45) is -6.27. The van der Waals surface area contributed by atoms with Gasteiger partial charge in [-0.1, -0.05) is 12.1 Å². The van der Waals surface area contributed by atoms with E-state index in [0.717, 1.165) is 44.7 Å². The minimum Gasteiger partial charge on any atom is -0.394 e. The lowest BCUT2D eigenvalue weighted by molar-refractivity contribution is -0.238. The van der Waals surface area contributed by atoms with Crippen molar-refractivity contribution in [1.29, 1.82) is 0 Å². The smallest absolute Gasteiger partial charge is 0.227 e. The van der Waals surface area contributed by atoms with Crippen molar-refractivity contribution in [2.24, 2.45) is 0 Å². The maximum atomic E-state index is 11.3. The van der Waals surface area contributed by atoms with Gasteiger partial charge in [0.25, 0.3) is 0 Å². The molecular formula is C26H35N5O7. The predicted octanol–water partition coefficient (Wildman–Crippen LogP) is -0.647. The van der Waals surface area contributed by atoms with E-state index in [4.69, 9.17) is 0 Å². The molecule has 0 aliphatic carbocycles. The highest BCUT2D eigenvalue weighted by molar-refractivity contribution is 5.80. The molecule has 1 aromatic heterocycles. The third-order valence-electron chi connectivity index (χ3n) is 7.03. The van der Waals surface area contributed by atoms with Crippen LogP contribution in [0.2, 0.25) is 0 Å². The zero-order valence-corrected chi connectivity index (χ0v) is 21.3. The van der Waals surface area contributed by atoms with Gasteiger partial charge in [0.05, 0.1) is 12.1 Å². The van der Waals surface area contributed by atoms with E-state index in [1.54, 1.807) is 12.3 Å². The van der Waals surface area contributed by atoms with Gasteiger partial charge in [0.1, 0.15) is 23.9 Å². The second kappa shape index (κ2) is 11.8. The van der Waals surface area contributed by atoms with E-state index in [1.807, 2.05) is 24.3 Å². The highest BCUT2D eigenvalue weighted by atomic mass is 16.6. The van der Waals surface area contributed by atoms with Crippen molar-refractivity contribution in [3.63, 3.8) is 0 Å². The Morgan fingerprint density at radius 2 is 1.71 bits per heavy atom. The molecule has 3 aromatic rings. The summed E-state index contributed by atoms with van der Waals surface area (Å²) in [6.45, 7) is 3.03. The van der Waals surface area contributed by atoms with E-state index in [0.29, 0.717) is 10.9 Å². The first kappa shape index (κ1) is 28.1. The maximum Gasteiger partial charge on any atom is 0.227 e. The van der Waals surface area contributed by atoms with E-state index in [9.17, 15) is 30.6 Å². The molecule has 2 heterocycles. The summed E-state index contributed by atoms with van der Waals surface area (Å²) in [5.41, 5.74) is -0.319. The van der Waals surface area contributed by atoms with Crippen LogP contribution in [0.4, 0.5) is 17.3 Å². The van der Waals surface area contributed by atoms with E-state index < -0.39 is 36.8 Å². The van der Waals surface area contributed by atoms with Gasteiger partial charge in [0.2, 0.25) is 5.95 Å². The number of hydrogen-bond donors (Lipinski definition) is 7. The lowest BCUT2D eigenvalue weighted by atomic mass is 9.80. The molecule has 12 nitrogen and oxygen atoms in total. The van der Waals surface area contributed by atoms with Gasteiger partial charge in [-0.2, -0.15) is 0 Å². The Bertz CT molecular complexity index is 1210. The first-order valence-corrected chi connectivity index (χ1v) is 12.3. The van der Waals surface area contributed by atoms with Gasteiger partial charge in [-0.25, -0.2) is 9.97 Å². The second-order valence-corrected chi connectivity index (χ2v) is 9.51. The van der Waals surface area contributed by atoms with Crippen LogP contribution in [-0.2, 0) is 10.3 Å². The third kappa shape index (κ3) is 5.72. The summed E-state index contributed by atoms with van der Waals surface area (Å²) in [5, 5.41) is 65.7. The SMILES string of the molecule is COC(O)[C@@H](O)[C@H](O)[C@](O)(c1ccc2cnc(Nc3ccc(N4CCN(C)CC4)cc3)nc2c1)[C@H](O)CO. The van der Waals surface area contributed by atoms with E-state index in [-0.39, 0.29) is 11.5 Å². The van der Waals surface area contributed by atoms with Crippen LogP contribution < -0.4 is 10.2 Å². The molecule has 5 atom stereocenters. The summed E-state index contributed by atoms with van der Waals surface area (Å²) < 4.78 is 4.62. The van der Waals surface area contributed by atoms with Gasteiger partial charge in [-0.15, -0.1) is 0 Å². The van der Waals surface area contributed by atoms with Crippen molar-refractivity contribution >= 4 is 28.2 Å². The third-order valence-corrected chi connectivity index (χ3v) is 7.03. The largest absolute Gasteiger partial charge is 0.394 e. The molecule has 38 heavy (non-hydrogen) atoms. The summed E-state index contributed by atoms with van der Waals surface area (Å²) in [6, 6.07) is 12.3. The number of piperazine rings is 1. The van der Waals surface area contributed by atoms with Crippen LogP contribution >= 0.6 is 0 Å². The molecule has 0 spiro atoms. The van der Waals surface area contributed by atoms with E-state index >= 15 is 0 Å². The number of aliphatic hydroxyl groups is 6. The second-order valence-electron chi connectivity index (χ2n) is 9.51. The van der Waals surface area contributed by atoms with Crippen LogP contribution in [0, 0.1) is 0 Å². The van der Waals surface area contributed by atoms with Gasteiger partial charge in [0.15, 0.2) is 6.29 Å². The van der Waals surface area contributed by atoms with Crippen molar-refractivity contribution < 1.29 is 35.4 Å². The fourth-order valence-electron chi connectivity index (χ4n) is 4.54. The molecule has 0 bridgehead atoms. The number of anilines is 3. The molecular weight excluding hydrogens is 494 g/mol. The first-order chi connectivity index (χ1) is 18.2. The van der Waals surface area contributed by atoms with E-state index in [1.165, 1.54) is 12.1 Å². The molecule has 0 amide bonds. The number of rotatable bonds is 10. The van der Waals surface area contributed by atoms with Crippen molar-refractivity contribution in [3.05, 3.63) is 54.2 Å². The molecule has 12 heteroatoms.